The van der Waals surface area contributed by atoms with Crippen molar-refractivity contribution in [1.29, 1.82) is 0 Å². The predicted octanol–water partition coefficient (Wildman–Crippen LogP) is 0.915. The monoisotopic (exact) mass is 261 g/mol. The van der Waals surface area contributed by atoms with Crippen molar-refractivity contribution in [2.45, 2.75) is 24.9 Å². The zero-order chi connectivity index (χ0) is 13.2. The molecule has 2 unspecified atom stereocenters. The molecule has 3 rings (SSSR count). The van der Waals surface area contributed by atoms with Crippen LogP contribution in [0.4, 0.5) is 0 Å². The average Bonchev–Trinajstić information content (AvgIpc) is 2.85. The van der Waals surface area contributed by atoms with Crippen LogP contribution in [-0.4, -0.2) is 44.2 Å². The molecular weight excluding hydrogens is 238 g/mol. The molecule has 1 aromatic carbocycles. The van der Waals surface area contributed by atoms with Crippen molar-refractivity contribution in [2.24, 2.45) is 5.73 Å². The first-order valence-corrected chi connectivity index (χ1v) is 7.15. The highest BCUT2D eigenvalue weighted by molar-refractivity contribution is 5.40. The number of nitrogens with zero attached hydrogens (tertiary/aromatic N) is 1. The molecule has 0 aromatic heterocycles. The van der Waals surface area contributed by atoms with Crippen LogP contribution in [0.1, 0.15) is 23.6 Å². The average molecular weight is 261 g/mol. The van der Waals surface area contributed by atoms with Crippen molar-refractivity contribution in [1.82, 2.24) is 10.2 Å². The Morgan fingerprint density at radius 2 is 2.42 bits per heavy atom. The van der Waals surface area contributed by atoms with Gasteiger partial charge in [0.15, 0.2) is 0 Å². The Kier molecular flexibility index (Phi) is 3.73. The zero-order valence-electron chi connectivity index (χ0n) is 11.6. The molecule has 2 aliphatic heterocycles. The fourth-order valence-corrected chi connectivity index (χ4v) is 3.03. The Bertz CT molecular complexity index is 449. The lowest BCUT2D eigenvalue weighted by atomic mass is 9.97. The Hall–Kier alpha value is -1.10. The van der Waals surface area contributed by atoms with E-state index in [1.807, 2.05) is 0 Å². The van der Waals surface area contributed by atoms with Crippen molar-refractivity contribution in [3.63, 3.8) is 0 Å². The number of nitrogens with one attached hydrogen (secondary N) is 1. The van der Waals surface area contributed by atoms with Gasteiger partial charge in [0.25, 0.3) is 0 Å². The molecule has 4 heteroatoms. The number of nitrogens with two attached hydrogens (primary N) is 1. The molecule has 0 aliphatic carbocycles. The van der Waals surface area contributed by atoms with Crippen LogP contribution >= 0.6 is 0 Å². The highest BCUT2D eigenvalue weighted by Crippen LogP contribution is 2.28. The summed E-state index contributed by atoms with van der Waals surface area (Å²) in [5.41, 5.74) is 8.91. The van der Waals surface area contributed by atoms with Gasteiger partial charge < -0.3 is 20.7 Å². The van der Waals surface area contributed by atoms with Crippen molar-refractivity contribution in [2.75, 3.05) is 33.3 Å². The highest BCUT2D eigenvalue weighted by atomic mass is 16.5. The van der Waals surface area contributed by atoms with Crippen LogP contribution in [0, 0.1) is 0 Å². The van der Waals surface area contributed by atoms with Crippen LogP contribution in [-0.2, 0) is 6.42 Å². The lowest BCUT2D eigenvalue weighted by Gasteiger charge is -2.32. The molecule has 0 bridgehead atoms. The second kappa shape index (κ2) is 5.49. The topological polar surface area (TPSA) is 50.5 Å². The fraction of sp³-hybridized carbons (Fsp3) is 0.600. The first kappa shape index (κ1) is 12.9. The SMILES string of the molecule is CN1CCNC(CC(N)c2ccc3c(c2)CCO3)C1. The maximum absolute atomic E-state index is 6.37. The van der Waals surface area contributed by atoms with Gasteiger partial charge in [0.05, 0.1) is 6.61 Å². The van der Waals surface area contributed by atoms with E-state index in [-0.39, 0.29) is 6.04 Å². The molecule has 0 saturated carbocycles. The van der Waals surface area contributed by atoms with E-state index in [0.717, 1.165) is 44.8 Å². The maximum atomic E-state index is 6.37. The Morgan fingerprint density at radius 1 is 1.53 bits per heavy atom. The van der Waals surface area contributed by atoms with Gasteiger partial charge in [-0.1, -0.05) is 12.1 Å². The quantitative estimate of drug-likeness (QED) is 0.849. The van der Waals surface area contributed by atoms with Crippen molar-refractivity contribution in [3.05, 3.63) is 29.3 Å². The van der Waals surface area contributed by atoms with Gasteiger partial charge in [0.2, 0.25) is 0 Å². The minimum Gasteiger partial charge on any atom is -0.493 e. The lowest BCUT2D eigenvalue weighted by Crippen LogP contribution is -2.49. The normalized spacial score (nSPS) is 24.8. The van der Waals surface area contributed by atoms with Crippen molar-refractivity contribution >= 4 is 0 Å². The van der Waals surface area contributed by atoms with Crippen LogP contribution in [0.15, 0.2) is 18.2 Å². The third kappa shape index (κ3) is 2.91. The molecule has 0 amide bonds. The summed E-state index contributed by atoms with van der Waals surface area (Å²) in [5, 5.41) is 3.56. The highest BCUT2D eigenvalue weighted by Gasteiger charge is 2.21. The van der Waals surface area contributed by atoms with Crippen molar-refractivity contribution < 1.29 is 4.74 Å². The van der Waals surface area contributed by atoms with E-state index in [1.54, 1.807) is 0 Å². The molecule has 2 aliphatic rings. The molecule has 0 radical (unpaired) electrons. The summed E-state index contributed by atoms with van der Waals surface area (Å²) in [6.07, 6.45) is 2.00. The van der Waals surface area contributed by atoms with E-state index < -0.39 is 0 Å². The summed E-state index contributed by atoms with van der Waals surface area (Å²) in [7, 11) is 2.17. The summed E-state index contributed by atoms with van der Waals surface area (Å²) in [6, 6.07) is 7.01. The number of ether oxygens (including phenoxy) is 1. The van der Waals surface area contributed by atoms with Gasteiger partial charge in [-0.25, -0.2) is 0 Å². The molecule has 2 heterocycles. The molecule has 3 N–H and O–H groups in total. The van der Waals surface area contributed by atoms with Gasteiger partial charge >= 0.3 is 0 Å². The smallest absolute Gasteiger partial charge is 0.122 e. The van der Waals surface area contributed by atoms with E-state index in [1.165, 1.54) is 11.1 Å². The number of piperazine rings is 1. The van der Waals surface area contributed by atoms with Crippen LogP contribution in [0.2, 0.25) is 0 Å². The number of hydrogen-bond donors (Lipinski definition) is 2. The molecule has 104 valence electrons. The van der Waals surface area contributed by atoms with Crippen LogP contribution in [0.5, 0.6) is 5.75 Å². The van der Waals surface area contributed by atoms with Gasteiger partial charge in [-0.3, -0.25) is 0 Å². The first-order chi connectivity index (χ1) is 9.22. The summed E-state index contributed by atoms with van der Waals surface area (Å²) in [4.78, 5) is 2.37. The number of rotatable bonds is 3. The maximum Gasteiger partial charge on any atom is 0.122 e. The standard InChI is InChI=1S/C15H23N3O/c1-18-6-5-17-13(10-18)9-14(16)11-2-3-15-12(8-11)4-7-19-15/h2-3,8,13-14,17H,4-7,9-10,16H2,1H3. The Balaban J connectivity index is 1.65. The van der Waals surface area contributed by atoms with Crippen LogP contribution < -0.4 is 15.8 Å². The minimum absolute atomic E-state index is 0.106. The van der Waals surface area contributed by atoms with Gasteiger partial charge in [0.1, 0.15) is 5.75 Å². The molecule has 19 heavy (non-hydrogen) atoms. The molecule has 1 fully saturated rings. The summed E-state index contributed by atoms with van der Waals surface area (Å²) in [5.74, 6) is 1.03. The van der Waals surface area contributed by atoms with Crippen LogP contribution in [0.3, 0.4) is 0 Å². The molecule has 1 aromatic rings. The number of hydrogen-bond acceptors (Lipinski definition) is 4. The van der Waals surface area contributed by atoms with Crippen molar-refractivity contribution in [3.8, 4) is 5.75 Å². The van der Waals surface area contributed by atoms with Gasteiger partial charge in [0, 0.05) is 38.1 Å². The third-order valence-corrected chi connectivity index (χ3v) is 4.14. The third-order valence-electron chi connectivity index (χ3n) is 4.14. The Labute approximate surface area is 114 Å². The molecular formula is C15H23N3O. The van der Waals surface area contributed by atoms with E-state index in [2.05, 4.69) is 35.5 Å². The second-order valence-electron chi connectivity index (χ2n) is 5.72. The largest absolute Gasteiger partial charge is 0.493 e. The summed E-state index contributed by atoms with van der Waals surface area (Å²) in [6.45, 7) is 4.08. The number of benzene rings is 1. The Morgan fingerprint density at radius 3 is 3.26 bits per heavy atom. The molecule has 4 nitrogen and oxygen atoms in total. The van der Waals surface area contributed by atoms with Gasteiger partial charge in [-0.2, -0.15) is 0 Å². The van der Waals surface area contributed by atoms with E-state index in [9.17, 15) is 0 Å². The lowest BCUT2D eigenvalue weighted by molar-refractivity contribution is 0.226. The fourth-order valence-electron chi connectivity index (χ4n) is 3.03. The minimum atomic E-state index is 0.106. The van der Waals surface area contributed by atoms with E-state index >= 15 is 0 Å². The predicted molar refractivity (Wildman–Crippen MR) is 76.5 cm³/mol. The van der Waals surface area contributed by atoms with E-state index in [4.69, 9.17) is 10.5 Å². The number of fused-ring (bicyclic) bond motifs is 1. The zero-order valence-corrected chi connectivity index (χ0v) is 11.6. The molecule has 1 saturated heterocycles. The molecule has 2 atom stereocenters. The number of likely N-dealkylation sites (N-methyl/N-ethyl adjacent to an activating group) is 1. The first-order valence-electron chi connectivity index (χ1n) is 7.15. The van der Waals surface area contributed by atoms with Gasteiger partial charge in [-0.05, 0) is 30.7 Å². The second-order valence-corrected chi connectivity index (χ2v) is 5.72. The molecule has 0 spiro atoms. The summed E-state index contributed by atoms with van der Waals surface area (Å²) >= 11 is 0. The van der Waals surface area contributed by atoms with Gasteiger partial charge in [-0.15, -0.1) is 0 Å². The van der Waals surface area contributed by atoms with Crippen LogP contribution in [0.25, 0.3) is 0 Å². The van der Waals surface area contributed by atoms with E-state index in [0.29, 0.717) is 6.04 Å². The summed E-state index contributed by atoms with van der Waals surface area (Å²) < 4.78 is 5.54.